The van der Waals surface area contributed by atoms with Crippen molar-refractivity contribution in [3.8, 4) is 0 Å². The van der Waals surface area contributed by atoms with E-state index in [1.807, 2.05) is 0 Å². The van der Waals surface area contributed by atoms with Gasteiger partial charge in [0.25, 0.3) is 0 Å². The van der Waals surface area contributed by atoms with Crippen LogP contribution in [0, 0.1) is 11.3 Å². The first-order valence-corrected chi connectivity index (χ1v) is 10.5. The molecule has 0 spiro atoms. The Hall–Kier alpha value is -0.0831. The minimum Gasteiger partial charge on any atom is -0.416 e. The molecule has 1 saturated carbocycles. The summed E-state index contributed by atoms with van der Waals surface area (Å²) in [5.74, 6) is 0.705. The predicted octanol–water partition coefficient (Wildman–Crippen LogP) is 6.17. The first-order chi connectivity index (χ1) is 9.10. The fourth-order valence-corrected chi connectivity index (χ4v) is 9.91. The van der Waals surface area contributed by atoms with Gasteiger partial charge in [0.2, 0.25) is 0 Å². The molecule has 2 heteroatoms. The zero-order chi connectivity index (χ0) is 15.7. The lowest BCUT2D eigenvalue weighted by Gasteiger charge is -2.50. The number of allylic oxidation sites excluding steroid dienone is 2. The molecule has 0 saturated heterocycles. The molecule has 1 atom stereocenters. The van der Waals surface area contributed by atoms with Crippen LogP contribution in [0.15, 0.2) is 11.6 Å². The van der Waals surface area contributed by atoms with E-state index >= 15 is 0 Å². The van der Waals surface area contributed by atoms with Gasteiger partial charge in [-0.3, -0.25) is 0 Å². The van der Waals surface area contributed by atoms with Crippen molar-refractivity contribution in [1.82, 2.24) is 0 Å². The monoisotopic (exact) mass is 296 g/mol. The van der Waals surface area contributed by atoms with Crippen LogP contribution in [0.25, 0.3) is 0 Å². The van der Waals surface area contributed by atoms with Gasteiger partial charge in [0.15, 0.2) is 8.32 Å². The highest BCUT2D eigenvalue weighted by Gasteiger charge is 2.48. The van der Waals surface area contributed by atoms with Gasteiger partial charge in [0.05, 0.1) is 0 Å². The average molecular weight is 297 g/mol. The van der Waals surface area contributed by atoms with Crippen LogP contribution in [0.2, 0.25) is 16.6 Å². The maximum atomic E-state index is 6.76. The van der Waals surface area contributed by atoms with Gasteiger partial charge in [0, 0.05) is 6.61 Å². The molecule has 0 aliphatic heterocycles. The topological polar surface area (TPSA) is 9.23 Å². The van der Waals surface area contributed by atoms with Crippen molar-refractivity contribution >= 4 is 8.32 Å². The van der Waals surface area contributed by atoms with E-state index in [1.54, 1.807) is 5.57 Å². The quantitative estimate of drug-likeness (QED) is 0.420. The van der Waals surface area contributed by atoms with Crippen LogP contribution in [-0.2, 0) is 4.43 Å². The molecule has 1 aliphatic rings. The Morgan fingerprint density at radius 3 is 1.85 bits per heavy atom. The summed E-state index contributed by atoms with van der Waals surface area (Å²) < 4.78 is 6.76. The van der Waals surface area contributed by atoms with Crippen molar-refractivity contribution < 1.29 is 4.43 Å². The second-order valence-corrected chi connectivity index (χ2v) is 13.5. The summed E-state index contributed by atoms with van der Waals surface area (Å²) in [5.41, 5.74) is 4.02. The molecular weight excluding hydrogens is 260 g/mol. The fourth-order valence-electron chi connectivity index (χ4n) is 4.42. The molecule has 1 aliphatic carbocycles. The third-order valence-electron chi connectivity index (χ3n) is 5.90. The molecule has 0 radical (unpaired) electrons. The lowest BCUT2D eigenvalue weighted by molar-refractivity contribution is 0.0870. The van der Waals surface area contributed by atoms with Gasteiger partial charge in [0.1, 0.15) is 0 Å². The zero-order valence-corrected chi connectivity index (χ0v) is 16.2. The van der Waals surface area contributed by atoms with E-state index in [2.05, 4.69) is 68.4 Å². The van der Waals surface area contributed by atoms with Crippen LogP contribution in [-0.4, -0.2) is 14.9 Å². The first-order valence-electron chi connectivity index (χ1n) is 8.40. The molecule has 1 unspecified atom stereocenters. The molecule has 0 heterocycles. The summed E-state index contributed by atoms with van der Waals surface area (Å²) in [7, 11) is -1.69. The molecule has 1 nitrogen and oxygen atoms in total. The third-order valence-corrected chi connectivity index (χ3v) is 12.0. The first kappa shape index (κ1) is 18.0. The Balaban J connectivity index is 2.80. The predicted molar refractivity (Wildman–Crippen MR) is 92.6 cm³/mol. The highest BCUT2D eigenvalue weighted by atomic mass is 28.4. The molecule has 1 fully saturated rings. The molecule has 0 N–H and O–H groups in total. The molecule has 0 amide bonds. The summed E-state index contributed by atoms with van der Waals surface area (Å²) in [6, 6.07) is 0. The van der Waals surface area contributed by atoms with Crippen LogP contribution in [0.3, 0.4) is 0 Å². The Morgan fingerprint density at radius 1 is 1.10 bits per heavy atom. The van der Waals surface area contributed by atoms with E-state index < -0.39 is 8.32 Å². The summed E-state index contributed by atoms with van der Waals surface area (Å²) in [6.45, 7) is 22.1. The SMILES string of the molecule is CC=C1CC(CO[Si](C(C)C)(C(C)C)C(C)C)C1(C)C. The molecule has 0 aromatic carbocycles. The average Bonchev–Trinajstić information content (AvgIpc) is 2.31. The molecule has 0 aromatic heterocycles. The second-order valence-electron chi connectivity index (χ2n) is 8.07. The van der Waals surface area contributed by atoms with Crippen molar-refractivity contribution in [2.24, 2.45) is 11.3 Å². The van der Waals surface area contributed by atoms with Crippen molar-refractivity contribution in [3.05, 3.63) is 11.6 Å². The van der Waals surface area contributed by atoms with E-state index in [-0.39, 0.29) is 0 Å². The van der Waals surface area contributed by atoms with E-state index in [4.69, 9.17) is 4.43 Å². The van der Waals surface area contributed by atoms with Gasteiger partial charge in [-0.25, -0.2) is 0 Å². The molecule has 1 rings (SSSR count). The number of hydrogen-bond acceptors (Lipinski definition) is 1. The standard InChI is InChI=1S/C18H36OSi/c1-10-16-11-17(18(16,8)9)12-19-20(13(2)3,14(4)5)15(6)7/h10,13-15,17H,11-12H2,1-9H3. The maximum absolute atomic E-state index is 6.76. The van der Waals surface area contributed by atoms with Crippen LogP contribution >= 0.6 is 0 Å². The van der Waals surface area contributed by atoms with Crippen molar-refractivity contribution in [3.63, 3.8) is 0 Å². The summed E-state index contributed by atoms with van der Waals surface area (Å²) in [4.78, 5) is 0. The summed E-state index contributed by atoms with van der Waals surface area (Å²) >= 11 is 0. The summed E-state index contributed by atoms with van der Waals surface area (Å²) in [6.07, 6.45) is 3.54. The van der Waals surface area contributed by atoms with E-state index in [9.17, 15) is 0 Å². The number of hydrogen-bond donors (Lipinski definition) is 0. The largest absolute Gasteiger partial charge is 0.416 e. The van der Waals surface area contributed by atoms with Crippen LogP contribution in [0.4, 0.5) is 0 Å². The van der Waals surface area contributed by atoms with E-state index in [1.165, 1.54) is 6.42 Å². The summed E-state index contributed by atoms with van der Waals surface area (Å²) in [5, 5.41) is 0. The van der Waals surface area contributed by atoms with Crippen LogP contribution in [0.5, 0.6) is 0 Å². The zero-order valence-electron chi connectivity index (χ0n) is 15.2. The Labute approximate surface area is 128 Å². The molecule has 0 aromatic rings. The smallest absolute Gasteiger partial charge is 0.200 e. The fraction of sp³-hybridized carbons (Fsp3) is 0.889. The second kappa shape index (κ2) is 6.35. The van der Waals surface area contributed by atoms with Crippen molar-refractivity contribution in [1.29, 1.82) is 0 Å². The number of rotatable bonds is 6. The maximum Gasteiger partial charge on any atom is 0.200 e. The molecule has 118 valence electrons. The lowest BCUT2D eigenvalue weighted by atomic mass is 9.59. The van der Waals surface area contributed by atoms with Crippen LogP contribution < -0.4 is 0 Å². The van der Waals surface area contributed by atoms with Gasteiger partial charge in [-0.1, -0.05) is 67.0 Å². The van der Waals surface area contributed by atoms with Gasteiger partial charge in [-0.2, -0.15) is 0 Å². The minimum atomic E-state index is -1.69. The van der Waals surface area contributed by atoms with Gasteiger partial charge in [-0.15, -0.1) is 0 Å². The van der Waals surface area contributed by atoms with Crippen molar-refractivity contribution in [2.45, 2.75) is 85.4 Å². The minimum absolute atomic E-state index is 0.347. The molecule has 20 heavy (non-hydrogen) atoms. The highest BCUT2D eigenvalue weighted by molar-refractivity contribution is 6.77. The van der Waals surface area contributed by atoms with Gasteiger partial charge >= 0.3 is 0 Å². The third kappa shape index (κ3) is 2.92. The highest BCUT2D eigenvalue weighted by Crippen LogP contribution is 2.52. The normalized spacial score (nSPS) is 24.8. The Bertz CT molecular complexity index is 331. The molecule has 0 bridgehead atoms. The van der Waals surface area contributed by atoms with Gasteiger partial charge < -0.3 is 4.43 Å². The Kier molecular flexibility index (Phi) is 5.71. The van der Waals surface area contributed by atoms with Crippen LogP contribution in [0.1, 0.15) is 68.7 Å². The van der Waals surface area contributed by atoms with E-state index in [0.717, 1.165) is 6.61 Å². The van der Waals surface area contributed by atoms with Crippen molar-refractivity contribution in [2.75, 3.05) is 6.61 Å². The molecular formula is C18H36OSi. The van der Waals surface area contributed by atoms with E-state index in [0.29, 0.717) is 28.0 Å². The lowest BCUT2D eigenvalue weighted by Crippen LogP contribution is -2.51. The Morgan fingerprint density at radius 2 is 1.55 bits per heavy atom. The van der Waals surface area contributed by atoms with Gasteiger partial charge in [-0.05, 0) is 41.3 Å².